The monoisotopic (exact) mass is 305 g/mol. The van der Waals surface area contributed by atoms with Gasteiger partial charge in [-0.05, 0) is 35.1 Å². The predicted octanol–water partition coefficient (Wildman–Crippen LogP) is 4.89. The average molecular weight is 305 g/mol. The van der Waals surface area contributed by atoms with E-state index in [2.05, 4.69) is 64.3 Å². The van der Waals surface area contributed by atoms with Gasteiger partial charge in [0.15, 0.2) is 5.65 Å². The molecule has 2 aromatic carbocycles. The molecule has 0 bridgehead atoms. The van der Waals surface area contributed by atoms with E-state index in [1.807, 2.05) is 11.8 Å². The number of fused-ring (bicyclic) bond motifs is 3. The molecule has 0 saturated heterocycles. The summed E-state index contributed by atoms with van der Waals surface area (Å²) < 4.78 is 0. The molecule has 4 aromatic rings. The Labute approximate surface area is 132 Å². The van der Waals surface area contributed by atoms with Crippen molar-refractivity contribution in [2.45, 2.75) is 11.8 Å². The molecular formula is C18H15N3S. The first-order chi connectivity index (χ1) is 10.9. The summed E-state index contributed by atoms with van der Waals surface area (Å²) in [5, 5.41) is 1.14. The minimum atomic E-state index is 0.837. The van der Waals surface area contributed by atoms with E-state index in [9.17, 15) is 0 Å². The van der Waals surface area contributed by atoms with Crippen LogP contribution in [0.2, 0.25) is 0 Å². The van der Waals surface area contributed by atoms with Crippen LogP contribution in [0.4, 0.5) is 0 Å². The summed E-state index contributed by atoms with van der Waals surface area (Å²) in [6, 6.07) is 15.0. The zero-order chi connectivity index (χ0) is 14.9. The van der Waals surface area contributed by atoms with Crippen LogP contribution in [0.5, 0.6) is 0 Å². The van der Waals surface area contributed by atoms with Gasteiger partial charge in [0.25, 0.3) is 0 Å². The van der Waals surface area contributed by atoms with Gasteiger partial charge in [-0.3, -0.25) is 4.98 Å². The zero-order valence-electron chi connectivity index (χ0n) is 12.2. The second kappa shape index (κ2) is 5.46. The number of aromatic amines is 1. The number of aromatic nitrogens is 3. The normalized spacial score (nSPS) is 11.3. The van der Waals surface area contributed by atoms with Gasteiger partial charge in [0.05, 0.1) is 0 Å². The van der Waals surface area contributed by atoms with Crippen LogP contribution in [-0.2, 0) is 0 Å². The topological polar surface area (TPSA) is 41.6 Å². The van der Waals surface area contributed by atoms with E-state index in [0.717, 1.165) is 27.8 Å². The first kappa shape index (κ1) is 13.3. The van der Waals surface area contributed by atoms with Gasteiger partial charge in [-0.15, -0.1) is 11.8 Å². The zero-order valence-corrected chi connectivity index (χ0v) is 13.0. The fourth-order valence-electron chi connectivity index (χ4n) is 2.81. The van der Waals surface area contributed by atoms with Crippen LogP contribution in [0, 0.1) is 0 Å². The highest BCUT2D eigenvalue weighted by atomic mass is 32.2. The van der Waals surface area contributed by atoms with Gasteiger partial charge in [0, 0.05) is 28.2 Å². The first-order valence-corrected chi connectivity index (χ1v) is 8.30. The van der Waals surface area contributed by atoms with Gasteiger partial charge >= 0.3 is 0 Å². The van der Waals surface area contributed by atoms with E-state index >= 15 is 0 Å². The van der Waals surface area contributed by atoms with E-state index in [1.165, 1.54) is 16.0 Å². The lowest BCUT2D eigenvalue weighted by Crippen LogP contribution is -1.82. The molecule has 0 saturated carbocycles. The predicted molar refractivity (Wildman–Crippen MR) is 93.2 cm³/mol. The van der Waals surface area contributed by atoms with Crippen LogP contribution in [0.15, 0.2) is 59.8 Å². The van der Waals surface area contributed by atoms with Crippen LogP contribution in [-0.4, -0.2) is 20.7 Å². The molecule has 0 spiro atoms. The van der Waals surface area contributed by atoms with E-state index in [0.29, 0.717) is 0 Å². The second-order valence-electron chi connectivity index (χ2n) is 5.07. The average Bonchev–Trinajstić information content (AvgIpc) is 2.94. The van der Waals surface area contributed by atoms with Crippen LogP contribution in [0.1, 0.15) is 6.92 Å². The third-order valence-corrected chi connectivity index (χ3v) is 4.58. The van der Waals surface area contributed by atoms with Crippen LogP contribution >= 0.6 is 11.8 Å². The lowest BCUT2D eigenvalue weighted by Gasteiger charge is -2.06. The number of hydrogen-bond acceptors (Lipinski definition) is 3. The highest BCUT2D eigenvalue weighted by molar-refractivity contribution is 7.99. The van der Waals surface area contributed by atoms with Crippen molar-refractivity contribution in [3.05, 3.63) is 54.9 Å². The lowest BCUT2D eigenvalue weighted by molar-refractivity contribution is 1.27. The fourth-order valence-corrected chi connectivity index (χ4v) is 3.53. The molecule has 0 amide bonds. The molecule has 2 heterocycles. The summed E-state index contributed by atoms with van der Waals surface area (Å²) in [5.41, 5.74) is 5.26. The van der Waals surface area contributed by atoms with Gasteiger partial charge in [0.2, 0.25) is 0 Å². The van der Waals surface area contributed by atoms with Gasteiger partial charge in [-0.2, -0.15) is 0 Å². The Balaban J connectivity index is 2.00. The summed E-state index contributed by atoms with van der Waals surface area (Å²) in [6.07, 6.45) is 3.46. The Morgan fingerprint density at radius 3 is 2.82 bits per heavy atom. The molecule has 4 heteroatoms. The molecule has 1 N–H and O–H groups in total. The molecule has 108 valence electrons. The van der Waals surface area contributed by atoms with Gasteiger partial charge < -0.3 is 4.98 Å². The lowest BCUT2D eigenvalue weighted by atomic mass is 10.0. The number of benzene rings is 2. The standard InChI is InChI=1S/C18H15N3S/c1-2-22-13-6-3-5-12(11-13)14-7-4-8-15-16(14)17-18(21-15)20-10-9-19-17/h3-11H,2H2,1H3,(H,20,21). The summed E-state index contributed by atoms with van der Waals surface area (Å²) in [7, 11) is 0. The van der Waals surface area contributed by atoms with Crippen LogP contribution in [0.25, 0.3) is 33.2 Å². The Morgan fingerprint density at radius 2 is 1.91 bits per heavy atom. The van der Waals surface area contributed by atoms with Crippen molar-refractivity contribution in [1.82, 2.24) is 15.0 Å². The van der Waals surface area contributed by atoms with Crippen molar-refractivity contribution in [2.24, 2.45) is 0 Å². The maximum Gasteiger partial charge on any atom is 0.157 e. The van der Waals surface area contributed by atoms with E-state index in [4.69, 9.17) is 0 Å². The molecule has 22 heavy (non-hydrogen) atoms. The van der Waals surface area contributed by atoms with Crippen LogP contribution < -0.4 is 0 Å². The number of thioether (sulfide) groups is 1. The molecule has 0 aliphatic carbocycles. The van der Waals surface area contributed by atoms with Gasteiger partial charge in [0.1, 0.15) is 5.52 Å². The number of hydrogen-bond donors (Lipinski definition) is 1. The molecule has 2 aromatic heterocycles. The molecule has 3 nitrogen and oxygen atoms in total. The first-order valence-electron chi connectivity index (χ1n) is 7.31. The number of rotatable bonds is 3. The smallest absolute Gasteiger partial charge is 0.157 e. The van der Waals surface area contributed by atoms with Crippen molar-refractivity contribution in [1.29, 1.82) is 0 Å². The van der Waals surface area contributed by atoms with E-state index < -0.39 is 0 Å². The molecule has 0 aliphatic heterocycles. The largest absolute Gasteiger partial charge is 0.338 e. The van der Waals surface area contributed by atoms with Crippen molar-refractivity contribution >= 4 is 33.8 Å². The summed E-state index contributed by atoms with van der Waals surface area (Å²) in [4.78, 5) is 13.5. The maximum atomic E-state index is 4.52. The SMILES string of the molecule is CCSc1cccc(-c2cccc3[nH]c4nccnc4c23)c1. The Hall–Kier alpha value is -2.33. The molecule has 0 atom stereocenters. The minimum Gasteiger partial charge on any atom is -0.338 e. The minimum absolute atomic E-state index is 0.837. The summed E-state index contributed by atoms with van der Waals surface area (Å²) in [6.45, 7) is 2.17. The summed E-state index contributed by atoms with van der Waals surface area (Å²) in [5.74, 6) is 1.08. The third-order valence-electron chi connectivity index (χ3n) is 3.71. The Kier molecular flexibility index (Phi) is 3.31. The number of H-pyrrole nitrogens is 1. The van der Waals surface area contributed by atoms with E-state index in [1.54, 1.807) is 12.4 Å². The second-order valence-corrected chi connectivity index (χ2v) is 6.40. The van der Waals surface area contributed by atoms with Gasteiger partial charge in [-0.25, -0.2) is 4.98 Å². The quantitative estimate of drug-likeness (QED) is 0.548. The van der Waals surface area contributed by atoms with Crippen LogP contribution in [0.3, 0.4) is 0 Å². The highest BCUT2D eigenvalue weighted by Crippen LogP contribution is 2.34. The number of nitrogens with one attached hydrogen (secondary N) is 1. The molecule has 0 radical (unpaired) electrons. The molecule has 0 aliphatic rings. The van der Waals surface area contributed by atoms with Crippen molar-refractivity contribution in [3.8, 4) is 11.1 Å². The summed E-state index contributed by atoms with van der Waals surface area (Å²) >= 11 is 1.86. The van der Waals surface area contributed by atoms with E-state index in [-0.39, 0.29) is 0 Å². The third kappa shape index (κ3) is 2.16. The van der Waals surface area contributed by atoms with Gasteiger partial charge in [-0.1, -0.05) is 31.2 Å². The highest BCUT2D eigenvalue weighted by Gasteiger charge is 2.11. The Morgan fingerprint density at radius 1 is 1.05 bits per heavy atom. The van der Waals surface area contributed by atoms with Crippen molar-refractivity contribution in [3.63, 3.8) is 0 Å². The molecule has 0 unspecified atom stereocenters. The maximum absolute atomic E-state index is 4.52. The molecular weight excluding hydrogens is 290 g/mol. The number of nitrogens with zero attached hydrogens (tertiary/aromatic N) is 2. The van der Waals surface area contributed by atoms with Crippen molar-refractivity contribution < 1.29 is 0 Å². The molecule has 0 fully saturated rings. The fraction of sp³-hybridized carbons (Fsp3) is 0.111. The Bertz CT molecular complexity index is 959. The molecule has 4 rings (SSSR count). The van der Waals surface area contributed by atoms with Crippen molar-refractivity contribution in [2.75, 3.05) is 5.75 Å².